The molecule has 1 spiro atoms. The molecule has 1 amide bonds. The molecule has 2 aromatic carbocycles. The number of carbonyl (C=O) groups excluding carboxylic acids is 2. The van der Waals surface area contributed by atoms with E-state index in [-0.39, 0.29) is 11.7 Å². The number of halogens is 2. The SMILES string of the molecule is Cc1cc(-c2ccc(Cl)cc2)c(Cl)cc1C1C(=O)NC2(CCC(C)CC2)C1=O. The zero-order chi connectivity index (χ0) is 20.1. The van der Waals surface area contributed by atoms with Crippen LogP contribution in [-0.4, -0.2) is 17.2 Å². The van der Waals surface area contributed by atoms with Gasteiger partial charge in [0, 0.05) is 15.6 Å². The van der Waals surface area contributed by atoms with E-state index in [1.54, 1.807) is 6.07 Å². The average Bonchev–Trinajstić information content (AvgIpc) is 2.90. The van der Waals surface area contributed by atoms with Gasteiger partial charge in [0.1, 0.15) is 5.92 Å². The predicted octanol–water partition coefficient (Wildman–Crippen LogP) is 5.70. The minimum Gasteiger partial charge on any atom is -0.343 e. The quantitative estimate of drug-likeness (QED) is 0.639. The molecule has 1 atom stereocenters. The number of benzene rings is 2. The van der Waals surface area contributed by atoms with Gasteiger partial charge in [-0.05, 0) is 79.5 Å². The number of Topliss-reactive ketones (excluding diaryl/α,β-unsaturated/α-hetero) is 1. The van der Waals surface area contributed by atoms with Crippen molar-refractivity contribution in [3.8, 4) is 11.1 Å². The van der Waals surface area contributed by atoms with Gasteiger partial charge in [-0.2, -0.15) is 0 Å². The first-order chi connectivity index (χ1) is 13.3. The van der Waals surface area contributed by atoms with E-state index in [0.29, 0.717) is 21.5 Å². The van der Waals surface area contributed by atoms with E-state index in [9.17, 15) is 9.59 Å². The molecule has 1 aliphatic heterocycles. The van der Waals surface area contributed by atoms with Crippen molar-refractivity contribution in [2.75, 3.05) is 0 Å². The lowest BCUT2D eigenvalue weighted by molar-refractivity contribution is -0.126. The summed E-state index contributed by atoms with van der Waals surface area (Å²) in [5.41, 5.74) is 2.72. The summed E-state index contributed by atoms with van der Waals surface area (Å²) in [5.74, 6) is -0.366. The third-order valence-corrected chi connectivity index (χ3v) is 6.87. The number of ketones is 1. The molecule has 1 saturated heterocycles. The standard InChI is InChI=1S/C23H23Cl2NO2/c1-13-7-9-23(10-8-13)21(27)20(22(28)26-23)17-12-19(25)18(11-14(17)2)15-3-5-16(24)6-4-15/h3-6,11-13,20H,7-10H2,1-2H3,(H,26,28). The van der Waals surface area contributed by atoms with Crippen molar-refractivity contribution in [1.82, 2.24) is 5.32 Å². The molecule has 5 heteroatoms. The molecule has 4 rings (SSSR count). The van der Waals surface area contributed by atoms with Crippen LogP contribution in [0.25, 0.3) is 11.1 Å². The summed E-state index contributed by atoms with van der Waals surface area (Å²) in [6, 6.07) is 11.2. The first-order valence-electron chi connectivity index (χ1n) is 9.73. The zero-order valence-corrected chi connectivity index (χ0v) is 17.5. The molecule has 146 valence electrons. The molecule has 28 heavy (non-hydrogen) atoms. The highest BCUT2D eigenvalue weighted by Gasteiger charge is 2.53. The van der Waals surface area contributed by atoms with E-state index < -0.39 is 11.5 Å². The van der Waals surface area contributed by atoms with Gasteiger partial charge in [0.15, 0.2) is 5.78 Å². The molecule has 2 fully saturated rings. The average molecular weight is 416 g/mol. The molecule has 2 aliphatic rings. The van der Waals surface area contributed by atoms with Crippen LogP contribution < -0.4 is 5.32 Å². The Hall–Kier alpha value is -1.84. The molecule has 3 nitrogen and oxygen atoms in total. The minimum atomic E-state index is -0.773. The number of nitrogens with one attached hydrogen (secondary N) is 1. The normalized spacial score (nSPS) is 27.3. The van der Waals surface area contributed by atoms with Gasteiger partial charge in [-0.15, -0.1) is 0 Å². The first kappa shape index (κ1) is 19.5. The van der Waals surface area contributed by atoms with E-state index in [2.05, 4.69) is 12.2 Å². The van der Waals surface area contributed by atoms with Gasteiger partial charge in [0.2, 0.25) is 5.91 Å². The highest BCUT2D eigenvalue weighted by Crippen LogP contribution is 2.43. The Labute approximate surface area is 175 Å². The lowest BCUT2D eigenvalue weighted by Crippen LogP contribution is -2.49. The fourth-order valence-electron chi connectivity index (χ4n) is 4.53. The summed E-state index contributed by atoms with van der Waals surface area (Å²) in [6.07, 6.45) is 3.39. The summed E-state index contributed by atoms with van der Waals surface area (Å²) < 4.78 is 0. The summed E-state index contributed by atoms with van der Waals surface area (Å²) in [6.45, 7) is 4.13. The van der Waals surface area contributed by atoms with Gasteiger partial charge in [-0.1, -0.05) is 42.3 Å². The van der Waals surface area contributed by atoms with E-state index in [1.165, 1.54) is 0 Å². The molecule has 1 N–H and O–H groups in total. The van der Waals surface area contributed by atoms with E-state index in [4.69, 9.17) is 23.2 Å². The Morgan fingerprint density at radius 2 is 1.68 bits per heavy atom. The zero-order valence-electron chi connectivity index (χ0n) is 16.0. The minimum absolute atomic E-state index is 0.00260. The van der Waals surface area contributed by atoms with Gasteiger partial charge in [0.25, 0.3) is 0 Å². The van der Waals surface area contributed by atoms with Crippen LogP contribution in [0, 0.1) is 12.8 Å². The number of hydrogen-bond acceptors (Lipinski definition) is 2. The van der Waals surface area contributed by atoms with Gasteiger partial charge in [0.05, 0.1) is 5.54 Å². The molecule has 1 unspecified atom stereocenters. The van der Waals surface area contributed by atoms with Crippen LogP contribution in [0.5, 0.6) is 0 Å². The van der Waals surface area contributed by atoms with Crippen LogP contribution in [0.4, 0.5) is 0 Å². The van der Waals surface area contributed by atoms with E-state index in [0.717, 1.165) is 42.4 Å². The highest BCUT2D eigenvalue weighted by atomic mass is 35.5. The summed E-state index contributed by atoms with van der Waals surface area (Å²) in [5, 5.41) is 4.23. The largest absolute Gasteiger partial charge is 0.343 e. The summed E-state index contributed by atoms with van der Waals surface area (Å²) >= 11 is 12.5. The molecule has 1 heterocycles. The van der Waals surface area contributed by atoms with Gasteiger partial charge < -0.3 is 5.32 Å². The number of aryl methyl sites for hydroxylation is 1. The smallest absolute Gasteiger partial charge is 0.235 e. The second-order valence-electron chi connectivity index (χ2n) is 8.25. The van der Waals surface area contributed by atoms with Crippen LogP contribution in [0.3, 0.4) is 0 Å². The highest BCUT2D eigenvalue weighted by molar-refractivity contribution is 6.34. The number of amides is 1. The van der Waals surface area contributed by atoms with E-state index in [1.807, 2.05) is 37.3 Å². The van der Waals surface area contributed by atoms with Crippen molar-refractivity contribution in [2.24, 2.45) is 5.92 Å². The summed E-state index contributed by atoms with van der Waals surface area (Å²) in [7, 11) is 0. The maximum absolute atomic E-state index is 13.3. The van der Waals surface area contributed by atoms with Crippen LogP contribution in [0.2, 0.25) is 10.0 Å². The number of hydrogen-bond donors (Lipinski definition) is 1. The lowest BCUT2D eigenvalue weighted by Gasteiger charge is -2.34. The lowest BCUT2D eigenvalue weighted by atomic mass is 9.73. The van der Waals surface area contributed by atoms with Crippen molar-refractivity contribution in [2.45, 2.75) is 51.0 Å². The fourth-order valence-corrected chi connectivity index (χ4v) is 4.94. The van der Waals surface area contributed by atoms with Crippen LogP contribution >= 0.6 is 23.2 Å². The Kier molecular flexibility index (Phi) is 5.01. The van der Waals surface area contributed by atoms with E-state index >= 15 is 0 Å². The predicted molar refractivity (Wildman–Crippen MR) is 113 cm³/mol. The molecule has 0 aromatic heterocycles. The van der Waals surface area contributed by atoms with Gasteiger partial charge in [-0.25, -0.2) is 0 Å². The second kappa shape index (κ2) is 7.20. The molecule has 0 radical (unpaired) electrons. The first-order valence-corrected chi connectivity index (χ1v) is 10.5. The van der Waals surface area contributed by atoms with Crippen molar-refractivity contribution in [1.29, 1.82) is 0 Å². The molecule has 1 saturated carbocycles. The molecule has 2 aromatic rings. The molecular weight excluding hydrogens is 393 g/mol. The molecule has 1 aliphatic carbocycles. The Morgan fingerprint density at radius 1 is 1.04 bits per heavy atom. The third kappa shape index (κ3) is 3.25. The van der Waals surface area contributed by atoms with Gasteiger partial charge in [-0.3, -0.25) is 9.59 Å². The number of rotatable bonds is 2. The van der Waals surface area contributed by atoms with Gasteiger partial charge >= 0.3 is 0 Å². The van der Waals surface area contributed by atoms with Crippen molar-refractivity contribution < 1.29 is 9.59 Å². The maximum Gasteiger partial charge on any atom is 0.235 e. The molecular formula is C23H23Cl2NO2. The second-order valence-corrected chi connectivity index (χ2v) is 9.09. The number of carbonyl (C=O) groups is 2. The Morgan fingerprint density at radius 3 is 2.32 bits per heavy atom. The fraction of sp³-hybridized carbons (Fsp3) is 0.391. The maximum atomic E-state index is 13.3. The Balaban J connectivity index is 1.70. The Bertz CT molecular complexity index is 944. The summed E-state index contributed by atoms with van der Waals surface area (Å²) in [4.78, 5) is 26.1. The van der Waals surface area contributed by atoms with Crippen molar-refractivity contribution in [3.05, 3.63) is 57.6 Å². The monoisotopic (exact) mass is 415 g/mol. The third-order valence-electron chi connectivity index (χ3n) is 6.31. The molecule has 0 bridgehead atoms. The van der Waals surface area contributed by atoms with Crippen molar-refractivity contribution in [3.63, 3.8) is 0 Å². The van der Waals surface area contributed by atoms with Crippen LogP contribution in [-0.2, 0) is 9.59 Å². The van der Waals surface area contributed by atoms with Crippen LogP contribution in [0.15, 0.2) is 36.4 Å². The van der Waals surface area contributed by atoms with Crippen molar-refractivity contribution >= 4 is 34.9 Å². The van der Waals surface area contributed by atoms with Crippen LogP contribution in [0.1, 0.15) is 49.7 Å². The topological polar surface area (TPSA) is 46.2 Å².